The Morgan fingerprint density at radius 3 is 2.56 bits per heavy atom. The number of halogens is 1. The van der Waals surface area contributed by atoms with Crippen molar-refractivity contribution in [2.75, 3.05) is 7.11 Å². The zero-order chi connectivity index (χ0) is 20.4. The maximum Gasteiger partial charge on any atom is 0.357 e. The number of benzene rings is 1. The second kappa shape index (κ2) is 8.01. The van der Waals surface area contributed by atoms with Crippen molar-refractivity contribution in [3.63, 3.8) is 0 Å². The average Bonchev–Trinajstić information content (AvgIpc) is 3.06. The van der Waals surface area contributed by atoms with Crippen molar-refractivity contribution < 1.29 is 19.2 Å². The number of nitrogens with zero attached hydrogens (tertiary/aromatic N) is 3. The van der Waals surface area contributed by atoms with Crippen LogP contribution >= 0.6 is 22.9 Å². The molecule has 0 bridgehead atoms. The molecule has 144 valence electrons. The van der Waals surface area contributed by atoms with Gasteiger partial charge in [0.25, 0.3) is 11.6 Å². The van der Waals surface area contributed by atoms with Crippen LogP contribution < -0.4 is 0 Å². The molecule has 0 radical (unpaired) electrons. The van der Waals surface area contributed by atoms with E-state index in [4.69, 9.17) is 11.6 Å². The second-order valence-electron chi connectivity index (χ2n) is 6.60. The molecule has 1 aromatic carbocycles. The molecule has 0 spiro atoms. The summed E-state index contributed by atoms with van der Waals surface area (Å²) in [6, 6.07) is 3.72. The van der Waals surface area contributed by atoms with Crippen molar-refractivity contribution in [1.82, 2.24) is 9.88 Å². The van der Waals surface area contributed by atoms with E-state index in [0.717, 1.165) is 6.07 Å². The molecule has 0 aliphatic rings. The fourth-order valence-electron chi connectivity index (χ4n) is 2.27. The van der Waals surface area contributed by atoms with Crippen LogP contribution in [-0.4, -0.2) is 39.3 Å². The van der Waals surface area contributed by atoms with Crippen molar-refractivity contribution in [1.29, 1.82) is 0 Å². The van der Waals surface area contributed by atoms with Crippen LogP contribution in [0.4, 0.5) is 5.69 Å². The largest absolute Gasteiger partial charge is 0.464 e. The van der Waals surface area contributed by atoms with Crippen LogP contribution in [0.25, 0.3) is 0 Å². The number of methoxy groups -OCH3 is 1. The second-order valence-corrected chi connectivity index (χ2v) is 7.95. The number of rotatable bonds is 5. The van der Waals surface area contributed by atoms with Crippen LogP contribution in [0, 0.1) is 10.1 Å². The van der Waals surface area contributed by atoms with E-state index in [9.17, 15) is 19.7 Å². The number of hydrogen-bond acceptors (Lipinski definition) is 7. The summed E-state index contributed by atoms with van der Waals surface area (Å²) in [6.07, 6.45) is 0. The lowest BCUT2D eigenvalue weighted by Crippen LogP contribution is -2.45. The van der Waals surface area contributed by atoms with E-state index in [1.54, 1.807) is 10.3 Å². The first-order valence-electron chi connectivity index (χ1n) is 7.83. The summed E-state index contributed by atoms with van der Waals surface area (Å²) in [5.74, 6) is -0.943. The van der Waals surface area contributed by atoms with Crippen LogP contribution in [-0.2, 0) is 11.3 Å². The van der Waals surface area contributed by atoms with E-state index < -0.39 is 22.3 Å². The van der Waals surface area contributed by atoms with Gasteiger partial charge >= 0.3 is 5.97 Å². The number of hydrogen-bond donors (Lipinski definition) is 0. The van der Waals surface area contributed by atoms with E-state index in [1.165, 1.54) is 30.6 Å². The maximum atomic E-state index is 13.1. The van der Waals surface area contributed by atoms with Gasteiger partial charge in [-0.05, 0) is 26.8 Å². The van der Waals surface area contributed by atoms with E-state index in [2.05, 4.69) is 9.72 Å². The Kier molecular flexibility index (Phi) is 6.17. The number of aromatic nitrogens is 1. The number of carbonyl (C=O) groups excluding carboxylic acids is 2. The van der Waals surface area contributed by atoms with Crippen molar-refractivity contribution in [3.8, 4) is 0 Å². The fraction of sp³-hybridized carbons (Fsp3) is 0.353. The SMILES string of the molecule is COC(=O)c1csc(CN(C(=O)c2ccc([N+](=O)[O-])cc2Cl)C(C)(C)C)n1. The van der Waals surface area contributed by atoms with Gasteiger partial charge in [0.05, 0.1) is 29.2 Å². The third-order valence-electron chi connectivity index (χ3n) is 3.69. The van der Waals surface area contributed by atoms with E-state index >= 15 is 0 Å². The highest BCUT2D eigenvalue weighted by Crippen LogP contribution is 2.28. The zero-order valence-electron chi connectivity index (χ0n) is 15.2. The Hall–Kier alpha value is -2.52. The van der Waals surface area contributed by atoms with Gasteiger partial charge in [-0.25, -0.2) is 9.78 Å². The van der Waals surface area contributed by atoms with Crippen molar-refractivity contribution in [2.24, 2.45) is 0 Å². The predicted molar refractivity (Wildman–Crippen MR) is 101 cm³/mol. The molecule has 10 heteroatoms. The minimum atomic E-state index is -0.584. The monoisotopic (exact) mass is 411 g/mol. The van der Waals surface area contributed by atoms with Gasteiger partial charge in [0, 0.05) is 23.1 Å². The molecule has 27 heavy (non-hydrogen) atoms. The summed E-state index contributed by atoms with van der Waals surface area (Å²) < 4.78 is 4.64. The van der Waals surface area contributed by atoms with Gasteiger partial charge in [0.1, 0.15) is 5.01 Å². The van der Waals surface area contributed by atoms with Gasteiger partial charge in [-0.2, -0.15) is 0 Å². The molecule has 0 aliphatic heterocycles. The normalized spacial score (nSPS) is 11.1. The van der Waals surface area contributed by atoms with Crippen LogP contribution in [0.3, 0.4) is 0 Å². The number of nitro groups is 1. The predicted octanol–water partition coefficient (Wildman–Crippen LogP) is 3.93. The van der Waals surface area contributed by atoms with Gasteiger partial charge in [0.2, 0.25) is 0 Å². The number of non-ortho nitro benzene ring substituents is 1. The lowest BCUT2D eigenvalue weighted by atomic mass is 10.0. The summed E-state index contributed by atoms with van der Waals surface area (Å²) in [5, 5.41) is 13.0. The Labute approximate surface area is 164 Å². The van der Waals surface area contributed by atoms with Crippen molar-refractivity contribution in [2.45, 2.75) is 32.9 Å². The lowest BCUT2D eigenvalue weighted by molar-refractivity contribution is -0.384. The topological polar surface area (TPSA) is 103 Å². The van der Waals surface area contributed by atoms with E-state index in [0.29, 0.717) is 5.01 Å². The molecule has 0 saturated heterocycles. The maximum absolute atomic E-state index is 13.1. The first-order chi connectivity index (χ1) is 12.5. The van der Waals surface area contributed by atoms with Crippen LogP contribution in [0.1, 0.15) is 46.6 Å². The number of ether oxygens (including phenoxy) is 1. The van der Waals surface area contributed by atoms with Gasteiger partial charge in [0.15, 0.2) is 5.69 Å². The molecule has 0 atom stereocenters. The third kappa shape index (κ3) is 4.81. The van der Waals surface area contributed by atoms with Crippen LogP contribution in [0.15, 0.2) is 23.6 Å². The highest BCUT2D eigenvalue weighted by Gasteiger charge is 2.30. The minimum absolute atomic E-state index is 0.00200. The average molecular weight is 412 g/mol. The van der Waals surface area contributed by atoms with Crippen molar-refractivity contribution in [3.05, 3.63) is 55.0 Å². The fourth-order valence-corrected chi connectivity index (χ4v) is 3.27. The van der Waals surface area contributed by atoms with Gasteiger partial charge < -0.3 is 9.64 Å². The first-order valence-corrected chi connectivity index (χ1v) is 9.09. The smallest absolute Gasteiger partial charge is 0.357 e. The van der Waals surface area contributed by atoms with Gasteiger partial charge in [-0.3, -0.25) is 14.9 Å². The van der Waals surface area contributed by atoms with Crippen LogP contribution in [0.5, 0.6) is 0 Å². The first kappa shape index (κ1) is 20.8. The molecule has 0 aliphatic carbocycles. The van der Waals surface area contributed by atoms with E-state index in [-0.39, 0.29) is 28.5 Å². The van der Waals surface area contributed by atoms with E-state index in [1.807, 2.05) is 20.8 Å². The Morgan fingerprint density at radius 1 is 1.37 bits per heavy atom. The molecular formula is C17H18ClN3O5S. The molecule has 1 aromatic heterocycles. The molecule has 8 nitrogen and oxygen atoms in total. The summed E-state index contributed by atoms with van der Waals surface area (Å²) in [6.45, 7) is 5.69. The summed E-state index contributed by atoms with van der Waals surface area (Å²) in [7, 11) is 1.27. The molecule has 2 rings (SSSR count). The highest BCUT2D eigenvalue weighted by molar-refractivity contribution is 7.09. The molecule has 0 N–H and O–H groups in total. The van der Waals surface area contributed by atoms with Crippen molar-refractivity contribution >= 4 is 40.5 Å². The molecule has 0 fully saturated rings. The Balaban J connectivity index is 2.34. The van der Waals surface area contributed by atoms with Gasteiger partial charge in [-0.1, -0.05) is 11.6 Å². The summed E-state index contributed by atoms with van der Waals surface area (Å²) in [5.41, 5.74) is -0.449. The zero-order valence-corrected chi connectivity index (χ0v) is 16.8. The highest BCUT2D eigenvalue weighted by atomic mass is 35.5. The lowest BCUT2D eigenvalue weighted by Gasteiger charge is -2.35. The van der Waals surface area contributed by atoms with Crippen LogP contribution in [0.2, 0.25) is 5.02 Å². The molecule has 1 amide bonds. The third-order valence-corrected chi connectivity index (χ3v) is 4.83. The Morgan fingerprint density at radius 2 is 2.04 bits per heavy atom. The number of nitro benzene ring substituents is 1. The standard InChI is InChI=1S/C17H18ClN3O5S/c1-17(2,3)20(8-14-19-13(9-27-14)16(23)26-4)15(22)11-6-5-10(21(24)25)7-12(11)18/h5-7,9H,8H2,1-4H3. The summed E-state index contributed by atoms with van der Waals surface area (Å²) in [4.78, 5) is 40.6. The quantitative estimate of drug-likeness (QED) is 0.419. The molecular weight excluding hydrogens is 394 g/mol. The number of carbonyl (C=O) groups is 2. The molecule has 0 unspecified atom stereocenters. The minimum Gasteiger partial charge on any atom is -0.464 e. The molecule has 1 heterocycles. The Bertz CT molecular complexity index is 891. The molecule has 0 saturated carbocycles. The van der Waals surface area contributed by atoms with Gasteiger partial charge in [-0.15, -0.1) is 11.3 Å². The number of esters is 1. The summed E-state index contributed by atoms with van der Waals surface area (Å²) >= 11 is 7.34. The number of amides is 1. The molecule has 2 aromatic rings. The number of thiazole rings is 1.